The second-order valence-corrected chi connectivity index (χ2v) is 6.50. The smallest absolute Gasteiger partial charge is 0.343 e. The molecule has 1 aromatic carbocycles. The van der Waals surface area contributed by atoms with Crippen LogP contribution in [0.4, 0.5) is 4.39 Å². The van der Waals surface area contributed by atoms with Crippen molar-refractivity contribution in [3.8, 4) is 0 Å². The summed E-state index contributed by atoms with van der Waals surface area (Å²) in [5.41, 5.74) is -0.344. The quantitative estimate of drug-likeness (QED) is 0.638. The molecule has 1 aliphatic heterocycles. The molecular weight excluding hydrogens is 323 g/mol. The lowest BCUT2D eigenvalue weighted by Gasteiger charge is -2.18. The van der Waals surface area contributed by atoms with Gasteiger partial charge in [-0.25, -0.2) is 9.18 Å². The van der Waals surface area contributed by atoms with Crippen LogP contribution in [0.15, 0.2) is 23.1 Å². The highest BCUT2D eigenvalue weighted by Gasteiger charge is 2.44. The maximum Gasteiger partial charge on any atom is 0.343 e. The van der Waals surface area contributed by atoms with Crippen molar-refractivity contribution in [2.75, 3.05) is 18.2 Å². The van der Waals surface area contributed by atoms with Crippen LogP contribution in [0.25, 0.3) is 10.9 Å². The van der Waals surface area contributed by atoms with Gasteiger partial charge in [0.1, 0.15) is 11.4 Å². The number of hydrogen-bond donors (Lipinski definition) is 0. The third-order valence-electron chi connectivity index (χ3n) is 3.91. The van der Waals surface area contributed by atoms with Crippen molar-refractivity contribution in [3.05, 3.63) is 45.0 Å². The molecule has 0 unspecified atom stereocenters. The van der Waals surface area contributed by atoms with E-state index in [1.807, 2.05) is 18.9 Å². The molecule has 2 heterocycles. The maximum absolute atomic E-state index is 13.8. The van der Waals surface area contributed by atoms with Gasteiger partial charge in [0, 0.05) is 6.20 Å². The molecule has 0 N–H and O–H groups in total. The SMILES string of the molecule is CCOC(=O)c1cn(N2CC2(C)C)c2cc(Cl)c(F)cc2c1=O. The zero-order valence-electron chi connectivity index (χ0n) is 13.0. The number of hydrogen-bond acceptors (Lipinski definition) is 4. The molecule has 1 aliphatic rings. The molecule has 0 atom stereocenters. The van der Waals surface area contributed by atoms with Crippen LogP contribution in [-0.4, -0.2) is 29.3 Å². The molecule has 0 saturated carbocycles. The number of carbonyl (C=O) groups excluding carboxylic acids is 1. The van der Waals surface area contributed by atoms with Gasteiger partial charge >= 0.3 is 5.97 Å². The lowest BCUT2D eigenvalue weighted by Crippen LogP contribution is -2.27. The van der Waals surface area contributed by atoms with Crippen LogP contribution in [-0.2, 0) is 4.74 Å². The Morgan fingerprint density at radius 3 is 2.65 bits per heavy atom. The third-order valence-corrected chi connectivity index (χ3v) is 4.20. The van der Waals surface area contributed by atoms with Crippen molar-refractivity contribution in [2.45, 2.75) is 26.3 Å². The number of nitrogens with zero attached hydrogens (tertiary/aromatic N) is 2. The Bertz CT molecular complexity index is 876. The Morgan fingerprint density at radius 2 is 2.09 bits per heavy atom. The molecule has 7 heteroatoms. The molecule has 1 fully saturated rings. The van der Waals surface area contributed by atoms with Crippen LogP contribution in [0.1, 0.15) is 31.1 Å². The zero-order valence-corrected chi connectivity index (χ0v) is 13.8. The van der Waals surface area contributed by atoms with E-state index < -0.39 is 17.2 Å². The maximum atomic E-state index is 13.8. The second-order valence-electron chi connectivity index (χ2n) is 6.09. The minimum atomic E-state index is -0.719. The van der Waals surface area contributed by atoms with E-state index >= 15 is 0 Å². The fourth-order valence-corrected chi connectivity index (χ4v) is 2.71. The van der Waals surface area contributed by atoms with Gasteiger partial charge < -0.3 is 9.75 Å². The van der Waals surface area contributed by atoms with Crippen molar-refractivity contribution >= 4 is 28.5 Å². The van der Waals surface area contributed by atoms with Crippen LogP contribution < -0.4 is 10.4 Å². The van der Waals surface area contributed by atoms with Gasteiger partial charge in [0.05, 0.1) is 34.6 Å². The molecule has 23 heavy (non-hydrogen) atoms. The number of esters is 1. The zero-order chi connectivity index (χ0) is 16.9. The fraction of sp³-hybridized carbons (Fsp3) is 0.375. The first-order valence-electron chi connectivity index (χ1n) is 7.25. The monoisotopic (exact) mass is 338 g/mol. The van der Waals surface area contributed by atoms with Crippen LogP contribution >= 0.6 is 11.6 Å². The molecule has 2 aromatic rings. The number of pyridine rings is 1. The summed E-state index contributed by atoms with van der Waals surface area (Å²) >= 11 is 5.86. The van der Waals surface area contributed by atoms with Crippen molar-refractivity contribution < 1.29 is 13.9 Å². The van der Waals surface area contributed by atoms with E-state index in [2.05, 4.69) is 0 Å². The number of carbonyl (C=O) groups is 1. The summed E-state index contributed by atoms with van der Waals surface area (Å²) in [5, 5.41) is 1.97. The summed E-state index contributed by atoms with van der Waals surface area (Å²) in [5.74, 6) is -1.42. The van der Waals surface area contributed by atoms with E-state index in [9.17, 15) is 14.0 Å². The number of benzene rings is 1. The first-order valence-corrected chi connectivity index (χ1v) is 7.63. The van der Waals surface area contributed by atoms with Crippen molar-refractivity contribution in [3.63, 3.8) is 0 Å². The summed E-state index contributed by atoms with van der Waals surface area (Å²) in [6, 6.07) is 2.46. The molecule has 0 spiro atoms. The lowest BCUT2D eigenvalue weighted by atomic mass is 10.1. The average Bonchev–Trinajstić information content (AvgIpc) is 3.10. The predicted octanol–water partition coefficient (Wildman–Crippen LogP) is 2.70. The Kier molecular flexibility index (Phi) is 3.59. The summed E-state index contributed by atoms with van der Waals surface area (Å²) in [7, 11) is 0. The normalized spacial score (nSPS) is 15.8. The largest absolute Gasteiger partial charge is 0.462 e. The van der Waals surface area contributed by atoms with Crippen LogP contribution in [0.3, 0.4) is 0 Å². The Morgan fingerprint density at radius 1 is 1.43 bits per heavy atom. The molecule has 0 radical (unpaired) electrons. The van der Waals surface area contributed by atoms with Gasteiger partial charge in [-0.2, -0.15) is 0 Å². The fourth-order valence-electron chi connectivity index (χ4n) is 2.56. The van der Waals surface area contributed by atoms with Gasteiger partial charge in [0.25, 0.3) is 0 Å². The number of fused-ring (bicyclic) bond motifs is 1. The molecule has 0 aliphatic carbocycles. The molecule has 0 amide bonds. The first-order chi connectivity index (χ1) is 10.8. The second kappa shape index (κ2) is 5.23. The van der Waals surface area contributed by atoms with E-state index in [1.165, 1.54) is 12.3 Å². The highest BCUT2D eigenvalue weighted by Crippen LogP contribution is 2.32. The van der Waals surface area contributed by atoms with Gasteiger partial charge in [0.15, 0.2) is 0 Å². The standard InChI is InChI=1S/C16H16ClFN2O3/c1-4-23-15(22)10-7-19(20-8-16(20,2)3)13-6-11(17)12(18)5-9(13)14(10)21/h5-7H,4,8H2,1-3H3. The molecule has 1 aromatic heterocycles. The summed E-state index contributed by atoms with van der Waals surface area (Å²) in [6.07, 6.45) is 1.44. The molecule has 1 saturated heterocycles. The van der Waals surface area contributed by atoms with E-state index in [4.69, 9.17) is 16.3 Å². The Labute approximate surface area is 137 Å². The van der Waals surface area contributed by atoms with Crippen molar-refractivity contribution in [1.29, 1.82) is 0 Å². The summed E-state index contributed by atoms with van der Waals surface area (Å²) < 4.78 is 20.4. The molecule has 5 nitrogen and oxygen atoms in total. The highest BCUT2D eigenvalue weighted by molar-refractivity contribution is 6.31. The van der Waals surface area contributed by atoms with E-state index in [0.29, 0.717) is 5.52 Å². The lowest BCUT2D eigenvalue weighted by molar-refractivity contribution is 0.0524. The van der Waals surface area contributed by atoms with Gasteiger partial charge in [-0.3, -0.25) is 9.47 Å². The molecular formula is C16H16ClFN2O3. The summed E-state index contributed by atoms with van der Waals surface area (Å²) in [4.78, 5) is 24.6. The highest BCUT2D eigenvalue weighted by atomic mass is 35.5. The van der Waals surface area contributed by atoms with Gasteiger partial charge in [-0.1, -0.05) is 11.6 Å². The number of halogens is 2. The topological polar surface area (TPSA) is 51.3 Å². The first kappa shape index (κ1) is 15.8. The minimum Gasteiger partial charge on any atom is -0.462 e. The number of aromatic nitrogens is 1. The van der Waals surface area contributed by atoms with E-state index in [1.54, 1.807) is 11.6 Å². The Balaban J connectivity index is 2.31. The minimum absolute atomic E-state index is 0.0748. The van der Waals surface area contributed by atoms with Gasteiger partial charge in [-0.15, -0.1) is 0 Å². The van der Waals surface area contributed by atoms with Crippen LogP contribution in [0.5, 0.6) is 0 Å². The predicted molar refractivity (Wildman–Crippen MR) is 86.3 cm³/mol. The molecule has 0 bridgehead atoms. The van der Waals surface area contributed by atoms with Crippen molar-refractivity contribution in [1.82, 2.24) is 4.68 Å². The number of ether oxygens (including phenoxy) is 1. The molecule has 3 rings (SSSR count). The number of rotatable bonds is 3. The van der Waals surface area contributed by atoms with E-state index in [0.717, 1.165) is 12.6 Å². The third kappa shape index (κ3) is 2.57. The Hall–Kier alpha value is -2.08. The van der Waals surface area contributed by atoms with Crippen molar-refractivity contribution in [2.24, 2.45) is 0 Å². The van der Waals surface area contributed by atoms with E-state index in [-0.39, 0.29) is 28.1 Å². The van der Waals surface area contributed by atoms with Gasteiger partial charge in [0.2, 0.25) is 5.43 Å². The van der Waals surface area contributed by atoms with Crippen LogP contribution in [0.2, 0.25) is 5.02 Å². The summed E-state index contributed by atoms with van der Waals surface area (Å²) in [6.45, 7) is 6.59. The van der Waals surface area contributed by atoms with Gasteiger partial charge in [-0.05, 0) is 32.9 Å². The molecule has 122 valence electrons. The average molecular weight is 339 g/mol. The van der Waals surface area contributed by atoms with Crippen LogP contribution in [0, 0.1) is 5.82 Å².